The zero-order valence-corrected chi connectivity index (χ0v) is 20.0. The zero-order chi connectivity index (χ0) is 25.4. The molecule has 11 heteroatoms. The van der Waals surface area contributed by atoms with Gasteiger partial charge in [-0.3, -0.25) is 9.69 Å². The van der Waals surface area contributed by atoms with Crippen molar-refractivity contribution >= 4 is 21.6 Å². The van der Waals surface area contributed by atoms with Crippen molar-refractivity contribution in [1.29, 1.82) is 0 Å². The van der Waals surface area contributed by atoms with Gasteiger partial charge < -0.3 is 5.32 Å². The highest BCUT2D eigenvalue weighted by Gasteiger charge is 2.44. The predicted molar refractivity (Wildman–Crippen MR) is 123 cm³/mol. The van der Waals surface area contributed by atoms with Crippen molar-refractivity contribution in [2.24, 2.45) is 0 Å². The van der Waals surface area contributed by atoms with Crippen molar-refractivity contribution in [3.8, 4) is 0 Å². The fourth-order valence-corrected chi connectivity index (χ4v) is 6.49. The summed E-state index contributed by atoms with van der Waals surface area (Å²) in [5, 5.41) is 2.68. The summed E-state index contributed by atoms with van der Waals surface area (Å²) >= 11 is 0. The monoisotopic (exact) mass is 513 g/mol. The quantitative estimate of drug-likeness (QED) is 0.557. The Balaban J connectivity index is 1.40. The van der Waals surface area contributed by atoms with Crippen LogP contribution in [0.1, 0.15) is 36.8 Å². The molecule has 1 heterocycles. The summed E-state index contributed by atoms with van der Waals surface area (Å²) in [4.78, 5) is 14.0. The van der Waals surface area contributed by atoms with Gasteiger partial charge in [0.25, 0.3) is 0 Å². The van der Waals surface area contributed by atoms with Gasteiger partial charge in [-0.15, -0.1) is 0 Å². The van der Waals surface area contributed by atoms with Gasteiger partial charge >= 0.3 is 6.18 Å². The van der Waals surface area contributed by atoms with Crippen molar-refractivity contribution in [1.82, 2.24) is 9.21 Å². The largest absolute Gasteiger partial charge is 0.416 e. The molecule has 2 aromatic carbocycles. The molecule has 0 bridgehead atoms. The molecule has 0 atom stereocenters. The van der Waals surface area contributed by atoms with Crippen LogP contribution in [0.3, 0.4) is 0 Å². The molecule has 190 valence electrons. The molecule has 0 radical (unpaired) electrons. The first-order chi connectivity index (χ1) is 16.4. The van der Waals surface area contributed by atoms with Gasteiger partial charge in [-0.2, -0.15) is 17.5 Å². The third kappa shape index (κ3) is 6.20. The van der Waals surface area contributed by atoms with Crippen LogP contribution in [0.15, 0.2) is 47.4 Å². The van der Waals surface area contributed by atoms with E-state index in [1.54, 1.807) is 13.0 Å². The van der Waals surface area contributed by atoms with Gasteiger partial charge in [-0.1, -0.05) is 6.07 Å². The normalized spacial score (nSPS) is 18.1. The van der Waals surface area contributed by atoms with E-state index in [1.807, 2.05) is 4.90 Å². The van der Waals surface area contributed by atoms with E-state index in [1.165, 1.54) is 22.5 Å². The van der Waals surface area contributed by atoms with Gasteiger partial charge in [0.15, 0.2) is 0 Å². The van der Waals surface area contributed by atoms with Crippen molar-refractivity contribution in [2.45, 2.75) is 55.8 Å². The van der Waals surface area contributed by atoms with Crippen LogP contribution in [-0.4, -0.2) is 55.2 Å². The summed E-state index contributed by atoms with van der Waals surface area (Å²) < 4.78 is 81.1. The second-order valence-electron chi connectivity index (χ2n) is 9.16. The van der Waals surface area contributed by atoms with Crippen LogP contribution in [0.4, 0.5) is 23.2 Å². The van der Waals surface area contributed by atoms with Crippen molar-refractivity contribution in [2.75, 3.05) is 25.0 Å². The number of amides is 1. The second kappa shape index (κ2) is 9.87. The van der Waals surface area contributed by atoms with Gasteiger partial charge in [0, 0.05) is 30.9 Å². The molecule has 0 unspecified atom stereocenters. The van der Waals surface area contributed by atoms with E-state index in [0.29, 0.717) is 56.1 Å². The summed E-state index contributed by atoms with van der Waals surface area (Å²) in [6.07, 6.45) is -2.37. The first kappa shape index (κ1) is 25.6. The number of carbonyl (C=O) groups is 1. The number of aryl methyl sites for hydroxylation is 1. The molecule has 0 aromatic heterocycles. The molecule has 0 spiro atoms. The Kier molecular flexibility index (Phi) is 7.21. The highest BCUT2D eigenvalue weighted by Crippen LogP contribution is 2.38. The van der Waals surface area contributed by atoms with Gasteiger partial charge in [0.05, 0.1) is 17.0 Å². The molecular formula is C24H27F4N3O3S. The summed E-state index contributed by atoms with van der Waals surface area (Å²) in [5.41, 5.74) is 0.0568. The average Bonchev–Trinajstić information content (AvgIpc) is 3.58. The lowest BCUT2D eigenvalue weighted by molar-refractivity contribution is -0.137. The number of halogens is 4. The third-order valence-corrected chi connectivity index (χ3v) is 8.25. The van der Waals surface area contributed by atoms with Crippen LogP contribution in [0.25, 0.3) is 0 Å². The smallest absolute Gasteiger partial charge is 0.325 e. The number of nitrogens with one attached hydrogen (secondary N) is 1. The lowest BCUT2D eigenvalue weighted by Crippen LogP contribution is -2.49. The Bertz CT molecular complexity index is 1170. The maximum atomic E-state index is 13.6. The Morgan fingerprint density at radius 2 is 1.71 bits per heavy atom. The van der Waals surface area contributed by atoms with Crippen LogP contribution in [0.2, 0.25) is 0 Å². The lowest BCUT2D eigenvalue weighted by atomic mass is 10.0. The molecule has 1 saturated heterocycles. The molecule has 4 rings (SSSR count). The summed E-state index contributed by atoms with van der Waals surface area (Å²) in [5.74, 6) is -0.743. The van der Waals surface area contributed by atoms with E-state index < -0.39 is 27.6 Å². The number of nitrogens with zero attached hydrogens (tertiary/aromatic N) is 2. The van der Waals surface area contributed by atoms with Gasteiger partial charge in [0.2, 0.25) is 15.9 Å². The Morgan fingerprint density at radius 1 is 1.06 bits per heavy atom. The Labute approximate surface area is 202 Å². The second-order valence-corrected chi connectivity index (χ2v) is 11.0. The summed E-state index contributed by atoms with van der Waals surface area (Å²) in [6, 6.07) is 7.56. The SMILES string of the molecule is Cc1cc(F)cc(NC(=O)CN2CCC(N(C3CC3)S(=O)(=O)c3cccc(C(F)(F)F)c3)CC2)c1. The van der Waals surface area contributed by atoms with Crippen LogP contribution >= 0.6 is 0 Å². The maximum Gasteiger partial charge on any atom is 0.416 e. The minimum absolute atomic E-state index is 0.0755. The van der Waals surface area contributed by atoms with Gasteiger partial charge in [-0.25, -0.2) is 12.8 Å². The molecular weight excluding hydrogens is 486 g/mol. The third-order valence-electron chi connectivity index (χ3n) is 6.25. The minimum Gasteiger partial charge on any atom is -0.325 e. The minimum atomic E-state index is -4.63. The number of likely N-dealkylation sites (tertiary alicyclic amines) is 1. The summed E-state index contributed by atoms with van der Waals surface area (Å²) in [6.45, 7) is 2.72. The van der Waals surface area contributed by atoms with E-state index in [9.17, 15) is 30.8 Å². The topological polar surface area (TPSA) is 69.7 Å². The fourth-order valence-electron chi connectivity index (χ4n) is 4.52. The fraction of sp³-hybridized carbons (Fsp3) is 0.458. The molecule has 1 aliphatic heterocycles. The first-order valence-corrected chi connectivity index (χ1v) is 12.9. The number of piperidine rings is 1. The van der Waals surface area contributed by atoms with Crippen molar-refractivity contribution < 1.29 is 30.8 Å². The van der Waals surface area contributed by atoms with Crippen LogP contribution in [0, 0.1) is 12.7 Å². The van der Waals surface area contributed by atoms with Crippen LogP contribution < -0.4 is 5.32 Å². The molecule has 1 saturated carbocycles. The average molecular weight is 514 g/mol. The molecule has 6 nitrogen and oxygen atoms in total. The molecule has 2 aliphatic rings. The van der Waals surface area contributed by atoms with E-state index in [0.717, 1.165) is 12.1 Å². The molecule has 1 N–H and O–H groups in total. The Morgan fingerprint density at radius 3 is 2.31 bits per heavy atom. The van der Waals surface area contributed by atoms with Crippen molar-refractivity contribution in [3.63, 3.8) is 0 Å². The van der Waals surface area contributed by atoms with E-state index in [2.05, 4.69) is 5.32 Å². The number of sulfonamides is 1. The zero-order valence-electron chi connectivity index (χ0n) is 19.2. The van der Waals surface area contributed by atoms with E-state index >= 15 is 0 Å². The number of alkyl halides is 3. The molecule has 1 amide bonds. The number of carbonyl (C=O) groups excluding carboxylic acids is 1. The van der Waals surface area contributed by atoms with Crippen LogP contribution in [0.5, 0.6) is 0 Å². The number of benzene rings is 2. The van der Waals surface area contributed by atoms with Crippen molar-refractivity contribution in [3.05, 3.63) is 59.4 Å². The molecule has 1 aliphatic carbocycles. The first-order valence-electron chi connectivity index (χ1n) is 11.4. The Hall–Kier alpha value is -2.50. The van der Waals surface area contributed by atoms with Crippen LogP contribution in [-0.2, 0) is 21.0 Å². The van der Waals surface area contributed by atoms with Gasteiger partial charge in [0.1, 0.15) is 5.82 Å². The molecule has 2 aromatic rings. The number of rotatable bonds is 7. The lowest BCUT2D eigenvalue weighted by Gasteiger charge is -2.37. The predicted octanol–water partition coefficient (Wildman–Crippen LogP) is 4.41. The number of hydrogen-bond donors (Lipinski definition) is 1. The highest BCUT2D eigenvalue weighted by atomic mass is 32.2. The highest BCUT2D eigenvalue weighted by molar-refractivity contribution is 7.89. The maximum absolute atomic E-state index is 13.6. The molecule has 35 heavy (non-hydrogen) atoms. The standard InChI is InChI=1S/C24H27F4N3O3S/c1-16-11-18(25)14-19(12-16)29-23(32)15-30-9-7-21(8-10-30)31(20-5-6-20)35(33,34)22-4-2-3-17(13-22)24(26,27)28/h2-4,11-14,20-21H,5-10,15H2,1H3,(H,29,32). The molecule has 2 fully saturated rings. The summed E-state index contributed by atoms with van der Waals surface area (Å²) in [7, 11) is -4.11. The van der Waals surface area contributed by atoms with E-state index in [-0.39, 0.29) is 29.4 Å². The number of hydrogen-bond acceptors (Lipinski definition) is 4. The van der Waals surface area contributed by atoms with Gasteiger partial charge in [-0.05, 0) is 74.6 Å². The number of anilines is 1. The van der Waals surface area contributed by atoms with E-state index in [4.69, 9.17) is 0 Å².